The second-order valence-corrected chi connectivity index (χ2v) is 4.44. The minimum atomic E-state index is -0.493. The number of nitrogens with zero attached hydrogens (tertiary/aromatic N) is 2. The van der Waals surface area contributed by atoms with Gasteiger partial charge in [0, 0.05) is 6.54 Å². The molecule has 1 aliphatic rings. The molecule has 1 atom stereocenters. The van der Waals surface area contributed by atoms with Crippen molar-refractivity contribution >= 4 is 11.7 Å². The van der Waals surface area contributed by atoms with Gasteiger partial charge in [-0.05, 0) is 24.6 Å². The van der Waals surface area contributed by atoms with Crippen LogP contribution >= 0.6 is 0 Å². The number of morpholine rings is 1. The van der Waals surface area contributed by atoms with Gasteiger partial charge in [-0.2, -0.15) is 5.26 Å². The minimum absolute atomic E-state index is 0.283. The first-order chi connectivity index (χ1) is 9.17. The third-order valence-electron chi connectivity index (χ3n) is 3.18. The predicted molar refractivity (Wildman–Crippen MR) is 69.9 cm³/mol. The average Bonchev–Trinajstić information content (AvgIpc) is 2.46. The third-order valence-corrected chi connectivity index (χ3v) is 3.18. The highest BCUT2D eigenvalue weighted by Gasteiger charge is 2.31. The van der Waals surface area contributed by atoms with E-state index in [4.69, 9.17) is 9.47 Å². The van der Waals surface area contributed by atoms with E-state index in [0.29, 0.717) is 18.7 Å². The summed E-state index contributed by atoms with van der Waals surface area (Å²) in [6, 6.07) is 7.24. The first-order valence-electron chi connectivity index (χ1n) is 6.10. The van der Waals surface area contributed by atoms with Crippen molar-refractivity contribution in [2.45, 2.75) is 13.0 Å². The van der Waals surface area contributed by atoms with E-state index in [1.54, 1.807) is 6.07 Å². The molecule has 0 amide bonds. The summed E-state index contributed by atoms with van der Waals surface area (Å²) in [7, 11) is 1.36. The fraction of sp³-hybridized carbons (Fsp3) is 0.429. The molecule has 0 spiro atoms. The highest BCUT2D eigenvalue weighted by molar-refractivity contribution is 5.81. The number of carbonyl (C=O) groups excluding carboxylic acids is 1. The maximum atomic E-state index is 11.8. The standard InChI is InChI=1S/C14H16N2O3/c1-10-3-4-11(8-15)12(7-10)16-5-6-19-9-13(16)14(17)18-2/h3-4,7,13H,5-6,9H2,1-2H3. The fourth-order valence-corrected chi connectivity index (χ4v) is 2.20. The maximum Gasteiger partial charge on any atom is 0.330 e. The zero-order valence-electron chi connectivity index (χ0n) is 11.0. The van der Waals surface area contributed by atoms with Gasteiger partial charge in [-0.25, -0.2) is 4.79 Å². The molecule has 0 radical (unpaired) electrons. The lowest BCUT2D eigenvalue weighted by molar-refractivity contribution is -0.144. The van der Waals surface area contributed by atoms with Crippen LogP contribution in [0.5, 0.6) is 0 Å². The molecule has 0 N–H and O–H groups in total. The van der Waals surface area contributed by atoms with Gasteiger partial charge in [0.05, 0.1) is 31.6 Å². The summed E-state index contributed by atoms with van der Waals surface area (Å²) >= 11 is 0. The predicted octanol–water partition coefficient (Wildman–Crippen LogP) is 1.24. The van der Waals surface area contributed by atoms with Gasteiger partial charge in [-0.15, -0.1) is 0 Å². The number of carbonyl (C=O) groups is 1. The number of rotatable bonds is 2. The van der Waals surface area contributed by atoms with Crippen LogP contribution < -0.4 is 4.90 Å². The summed E-state index contributed by atoms with van der Waals surface area (Å²) in [5.41, 5.74) is 2.37. The summed E-state index contributed by atoms with van der Waals surface area (Å²) in [5.74, 6) is -0.343. The van der Waals surface area contributed by atoms with Crippen molar-refractivity contribution in [1.29, 1.82) is 5.26 Å². The van der Waals surface area contributed by atoms with Crippen molar-refractivity contribution in [3.8, 4) is 6.07 Å². The minimum Gasteiger partial charge on any atom is -0.467 e. The van der Waals surface area contributed by atoms with Crippen LogP contribution in [0.1, 0.15) is 11.1 Å². The second kappa shape index (κ2) is 5.72. The van der Waals surface area contributed by atoms with Crippen molar-refractivity contribution < 1.29 is 14.3 Å². The van der Waals surface area contributed by atoms with E-state index in [-0.39, 0.29) is 12.6 Å². The fourth-order valence-electron chi connectivity index (χ4n) is 2.20. The summed E-state index contributed by atoms with van der Waals surface area (Å²) < 4.78 is 10.1. The molecule has 100 valence electrons. The van der Waals surface area contributed by atoms with Crippen molar-refractivity contribution in [2.75, 3.05) is 31.8 Å². The Morgan fingerprint density at radius 2 is 2.37 bits per heavy atom. The summed E-state index contributed by atoms with van der Waals surface area (Å²) in [4.78, 5) is 13.7. The van der Waals surface area contributed by atoms with E-state index in [1.807, 2.05) is 24.0 Å². The molecule has 0 saturated carbocycles. The zero-order valence-corrected chi connectivity index (χ0v) is 11.0. The van der Waals surface area contributed by atoms with E-state index in [0.717, 1.165) is 11.3 Å². The largest absolute Gasteiger partial charge is 0.467 e. The van der Waals surface area contributed by atoms with Gasteiger partial charge < -0.3 is 14.4 Å². The Balaban J connectivity index is 2.40. The second-order valence-electron chi connectivity index (χ2n) is 4.44. The molecule has 0 aliphatic carbocycles. The Morgan fingerprint density at radius 1 is 1.58 bits per heavy atom. The van der Waals surface area contributed by atoms with Gasteiger partial charge in [0.1, 0.15) is 6.07 Å². The molecule has 2 rings (SSSR count). The molecule has 1 aliphatic heterocycles. The van der Waals surface area contributed by atoms with Gasteiger partial charge in [-0.1, -0.05) is 6.07 Å². The molecular weight excluding hydrogens is 244 g/mol. The molecule has 1 heterocycles. The smallest absolute Gasteiger partial charge is 0.330 e. The lowest BCUT2D eigenvalue weighted by Crippen LogP contribution is -2.50. The molecule has 5 heteroatoms. The van der Waals surface area contributed by atoms with Gasteiger partial charge in [-0.3, -0.25) is 0 Å². The summed E-state index contributed by atoms with van der Waals surface area (Å²) in [6.07, 6.45) is 0. The molecule has 1 saturated heterocycles. The number of aryl methyl sites for hydroxylation is 1. The average molecular weight is 260 g/mol. The van der Waals surface area contributed by atoms with Crippen LogP contribution in [0.15, 0.2) is 18.2 Å². The molecule has 19 heavy (non-hydrogen) atoms. The number of benzene rings is 1. The van der Waals surface area contributed by atoms with E-state index in [1.165, 1.54) is 7.11 Å². The Morgan fingerprint density at radius 3 is 3.05 bits per heavy atom. The van der Waals surface area contributed by atoms with E-state index in [2.05, 4.69) is 6.07 Å². The van der Waals surface area contributed by atoms with E-state index >= 15 is 0 Å². The van der Waals surface area contributed by atoms with E-state index < -0.39 is 6.04 Å². The van der Waals surface area contributed by atoms with Crippen LogP contribution in [0.3, 0.4) is 0 Å². The molecule has 5 nitrogen and oxygen atoms in total. The molecular formula is C14H16N2O3. The molecule has 1 aromatic rings. The lowest BCUT2D eigenvalue weighted by Gasteiger charge is -2.36. The first kappa shape index (κ1) is 13.4. The van der Waals surface area contributed by atoms with Gasteiger partial charge in [0.2, 0.25) is 0 Å². The Bertz CT molecular complexity index is 522. The van der Waals surface area contributed by atoms with E-state index in [9.17, 15) is 10.1 Å². The number of hydrogen-bond acceptors (Lipinski definition) is 5. The van der Waals surface area contributed by atoms with Crippen molar-refractivity contribution in [1.82, 2.24) is 0 Å². The van der Waals surface area contributed by atoms with Gasteiger partial charge in [0.25, 0.3) is 0 Å². The van der Waals surface area contributed by atoms with Crippen molar-refractivity contribution in [3.63, 3.8) is 0 Å². The maximum absolute atomic E-state index is 11.8. The number of anilines is 1. The van der Waals surface area contributed by atoms with Crippen LogP contribution in [0.4, 0.5) is 5.69 Å². The Kier molecular flexibility index (Phi) is 4.03. The molecule has 1 aromatic carbocycles. The number of nitriles is 1. The Labute approximate surface area is 112 Å². The highest BCUT2D eigenvalue weighted by Crippen LogP contribution is 2.25. The number of methoxy groups -OCH3 is 1. The first-order valence-corrected chi connectivity index (χ1v) is 6.10. The molecule has 1 fully saturated rings. The van der Waals surface area contributed by atoms with Crippen LogP contribution in [-0.2, 0) is 14.3 Å². The van der Waals surface area contributed by atoms with Crippen LogP contribution in [0, 0.1) is 18.3 Å². The van der Waals surface area contributed by atoms with Crippen LogP contribution in [0.2, 0.25) is 0 Å². The molecule has 0 aromatic heterocycles. The normalized spacial score (nSPS) is 18.8. The van der Waals surface area contributed by atoms with Crippen LogP contribution in [0.25, 0.3) is 0 Å². The number of esters is 1. The summed E-state index contributed by atoms with van der Waals surface area (Å²) in [6.45, 7) is 3.34. The quantitative estimate of drug-likeness (QED) is 0.749. The molecule has 0 bridgehead atoms. The Hall–Kier alpha value is -2.06. The molecule has 1 unspecified atom stereocenters. The third kappa shape index (κ3) is 2.69. The zero-order chi connectivity index (χ0) is 13.8. The van der Waals surface area contributed by atoms with Crippen molar-refractivity contribution in [2.24, 2.45) is 0 Å². The number of hydrogen-bond donors (Lipinski definition) is 0. The SMILES string of the molecule is COC(=O)C1COCCN1c1cc(C)ccc1C#N. The topological polar surface area (TPSA) is 62.6 Å². The van der Waals surface area contributed by atoms with Crippen molar-refractivity contribution in [3.05, 3.63) is 29.3 Å². The lowest BCUT2D eigenvalue weighted by atomic mass is 10.1. The van der Waals surface area contributed by atoms with Crippen LogP contribution in [-0.4, -0.2) is 38.9 Å². The monoisotopic (exact) mass is 260 g/mol. The van der Waals surface area contributed by atoms with Gasteiger partial charge >= 0.3 is 5.97 Å². The number of ether oxygens (including phenoxy) is 2. The van der Waals surface area contributed by atoms with Gasteiger partial charge in [0.15, 0.2) is 6.04 Å². The highest BCUT2D eigenvalue weighted by atomic mass is 16.5. The summed E-state index contributed by atoms with van der Waals surface area (Å²) in [5, 5.41) is 9.20.